The number of morpholine rings is 1. The predicted molar refractivity (Wildman–Crippen MR) is 74.8 cm³/mol. The molecule has 0 aromatic carbocycles. The molecule has 116 valence electrons. The molecule has 1 aromatic rings. The molecule has 21 heavy (non-hydrogen) atoms. The number of hydrogen-bond acceptors (Lipinski definition) is 6. The molecule has 2 rings (SSSR count). The van der Waals surface area contributed by atoms with E-state index in [1.807, 2.05) is 6.07 Å². The average molecular weight is 313 g/mol. The van der Waals surface area contributed by atoms with Gasteiger partial charge in [-0.15, -0.1) is 0 Å². The van der Waals surface area contributed by atoms with E-state index in [0.717, 1.165) is 13.1 Å². The van der Waals surface area contributed by atoms with Gasteiger partial charge in [-0.1, -0.05) is 0 Å². The van der Waals surface area contributed by atoms with Crippen LogP contribution in [0.3, 0.4) is 0 Å². The molecular weight excluding hydrogens is 294 g/mol. The fraction of sp³-hybridized carbons (Fsp3) is 0.667. The smallest absolute Gasteiger partial charge is 0.260 e. The van der Waals surface area contributed by atoms with Crippen molar-refractivity contribution in [3.8, 4) is 6.07 Å². The van der Waals surface area contributed by atoms with Crippen molar-refractivity contribution in [3.05, 3.63) is 12.5 Å². The molecule has 0 saturated carbocycles. The Balaban J connectivity index is 2.02. The van der Waals surface area contributed by atoms with Gasteiger partial charge in [-0.3, -0.25) is 4.90 Å². The van der Waals surface area contributed by atoms with E-state index < -0.39 is 10.0 Å². The molecule has 0 unspecified atom stereocenters. The zero-order chi connectivity index (χ0) is 15.1. The lowest BCUT2D eigenvalue weighted by atomic mass is 10.4. The second-order valence-electron chi connectivity index (χ2n) is 4.68. The third-order valence-corrected chi connectivity index (χ3v) is 5.16. The van der Waals surface area contributed by atoms with Crippen LogP contribution in [0.25, 0.3) is 0 Å². The van der Waals surface area contributed by atoms with Crippen molar-refractivity contribution < 1.29 is 13.2 Å². The van der Waals surface area contributed by atoms with Gasteiger partial charge in [0.25, 0.3) is 10.0 Å². The summed E-state index contributed by atoms with van der Waals surface area (Å²) in [5.74, 6) is 0. The second kappa shape index (κ2) is 7.51. The normalized spacial score (nSPS) is 17.0. The van der Waals surface area contributed by atoms with Crippen molar-refractivity contribution in [2.24, 2.45) is 0 Å². The molecule has 0 amide bonds. The highest BCUT2D eigenvalue weighted by molar-refractivity contribution is 7.89. The van der Waals surface area contributed by atoms with Gasteiger partial charge in [0.2, 0.25) is 0 Å². The summed E-state index contributed by atoms with van der Waals surface area (Å²) in [5, 5.41) is 8.77. The highest BCUT2D eigenvalue weighted by atomic mass is 32.2. The minimum atomic E-state index is -3.62. The van der Waals surface area contributed by atoms with Crippen molar-refractivity contribution in [2.45, 2.75) is 11.4 Å². The third-order valence-electron chi connectivity index (χ3n) is 3.33. The molecule has 1 fully saturated rings. The number of imidazole rings is 1. The van der Waals surface area contributed by atoms with Crippen LogP contribution in [0, 0.1) is 11.3 Å². The monoisotopic (exact) mass is 313 g/mol. The minimum absolute atomic E-state index is 0.0578. The first-order chi connectivity index (χ1) is 10.1. The Hall–Kier alpha value is -1.47. The van der Waals surface area contributed by atoms with Crippen LogP contribution in [0.2, 0.25) is 0 Å². The predicted octanol–water partition coefficient (Wildman–Crippen LogP) is -0.354. The second-order valence-corrected chi connectivity index (χ2v) is 6.59. The molecule has 1 aliphatic heterocycles. The van der Waals surface area contributed by atoms with Crippen LogP contribution in [-0.2, 0) is 14.8 Å². The quantitative estimate of drug-likeness (QED) is 0.738. The molecule has 9 heteroatoms. The van der Waals surface area contributed by atoms with Crippen molar-refractivity contribution in [1.29, 1.82) is 5.26 Å². The number of aromatic nitrogens is 2. The maximum absolute atomic E-state index is 12.5. The summed E-state index contributed by atoms with van der Waals surface area (Å²) in [5.41, 5.74) is 0. The molecule has 1 N–H and O–H groups in total. The summed E-state index contributed by atoms with van der Waals surface area (Å²) in [6.45, 7) is 4.11. The number of nitrogens with zero attached hydrogens (tertiary/aromatic N) is 4. The van der Waals surface area contributed by atoms with E-state index in [2.05, 4.69) is 14.9 Å². The lowest BCUT2D eigenvalue weighted by Gasteiger charge is -2.29. The summed E-state index contributed by atoms with van der Waals surface area (Å²) in [6.07, 6.45) is 2.78. The fourth-order valence-electron chi connectivity index (χ4n) is 2.13. The highest BCUT2D eigenvalue weighted by Gasteiger charge is 2.26. The van der Waals surface area contributed by atoms with Gasteiger partial charge in [0.05, 0.1) is 31.8 Å². The lowest BCUT2D eigenvalue weighted by Crippen LogP contribution is -2.43. The first-order valence-electron chi connectivity index (χ1n) is 6.80. The van der Waals surface area contributed by atoms with Gasteiger partial charge >= 0.3 is 0 Å². The van der Waals surface area contributed by atoms with E-state index in [4.69, 9.17) is 10.00 Å². The molecular formula is C12H19N5O3S. The lowest BCUT2D eigenvalue weighted by molar-refractivity contribution is 0.0363. The molecule has 0 aliphatic carbocycles. The van der Waals surface area contributed by atoms with Gasteiger partial charge in [-0.05, 0) is 0 Å². The van der Waals surface area contributed by atoms with Gasteiger partial charge in [-0.2, -0.15) is 9.57 Å². The summed E-state index contributed by atoms with van der Waals surface area (Å²) in [6, 6.07) is 1.99. The molecule has 1 aliphatic rings. The average Bonchev–Trinajstić information content (AvgIpc) is 3.03. The van der Waals surface area contributed by atoms with Gasteiger partial charge in [-0.25, -0.2) is 13.4 Å². The minimum Gasteiger partial charge on any atom is -0.379 e. The SMILES string of the molecule is N#CCCN(CCN1CCOCC1)S(=O)(=O)c1cnc[nH]1. The highest BCUT2D eigenvalue weighted by Crippen LogP contribution is 2.13. The van der Waals surface area contributed by atoms with Crippen molar-refractivity contribution in [2.75, 3.05) is 45.9 Å². The molecule has 2 heterocycles. The Morgan fingerprint density at radius 2 is 2.19 bits per heavy atom. The van der Waals surface area contributed by atoms with E-state index in [1.54, 1.807) is 0 Å². The number of aromatic amines is 1. The first kappa shape index (κ1) is 15.9. The van der Waals surface area contributed by atoms with E-state index in [0.29, 0.717) is 26.3 Å². The molecule has 0 atom stereocenters. The van der Waals surface area contributed by atoms with Crippen LogP contribution in [0.4, 0.5) is 0 Å². The van der Waals surface area contributed by atoms with Crippen molar-refractivity contribution in [1.82, 2.24) is 19.2 Å². The number of ether oxygens (including phenoxy) is 1. The molecule has 0 bridgehead atoms. The summed E-state index contributed by atoms with van der Waals surface area (Å²) in [7, 11) is -3.62. The molecule has 1 saturated heterocycles. The standard InChI is InChI=1S/C12H19N5O3S/c13-2-1-3-17(5-4-16-6-8-20-9-7-16)21(18,19)12-10-14-11-15-12/h10-11H,1,3-9H2,(H,14,15). The Bertz CT molecular complexity index is 560. The maximum atomic E-state index is 12.5. The molecule has 8 nitrogen and oxygen atoms in total. The fourth-order valence-corrected chi connectivity index (χ4v) is 3.46. The zero-order valence-corrected chi connectivity index (χ0v) is 12.5. The van der Waals surface area contributed by atoms with Gasteiger partial charge < -0.3 is 9.72 Å². The van der Waals surface area contributed by atoms with E-state index >= 15 is 0 Å². The van der Waals surface area contributed by atoms with E-state index in [-0.39, 0.29) is 18.0 Å². The first-order valence-corrected chi connectivity index (χ1v) is 8.24. The zero-order valence-electron chi connectivity index (χ0n) is 11.7. The molecule has 0 spiro atoms. The van der Waals surface area contributed by atoms with Crippen molar-refractivity contribution in [3.63, 3.8) is 0 Å². The summed E-state index contributed by atoms with van der Waals surface area (Å²) < 4.78 is 31.5. The number of nitriles is 1. The maximum Gasteiger partial charge on any atom is 0.260 e. The number of H-pyrrole nitrogens is 1. The van der Waals surface area contributed by atoms with Crippen LogP contribution in [0.1, 0.15) is 6.42 Å². The largest absolute Gasteiger partial charge is 0.379 e. The van der Waals surface area contributed by atoms with Gasteiger partial charge in [0, 0.05) is 39.1 Å². The van der Waals surface area contributed by atoms with Crippen LogP contribution >= 0.6 is 0 Å². The van der Waals surface area contributed by atoms with Gasteiger partial charge in [0.1, 0.15) is 0 Å². The van der Waals surface area contributed by atoms with Crippen LogP contribution in [-0.4, -0.2) is 73.5 Å². The number of nitrogens with one attached hydrogen (secondary N) is 1. The van der Waals surface area contributed by atoms with Crippen LogP contribution in [0.15, 0.2) is 17.6 Å². The Morgan fingerprint density at radius 3 is 2.81 bits per heavy atom. The van der Waals surface area contributed by atoms with Crippen molar-refractivity contribution >= 4 is 10.0 Å². The van der Waals surface area contributed by atoms with E-state index in [9.17, 15) is 8.42 Å². The van der Waals surface area contributed by atoms with Crippen LogP contribution < -0.4 is 0 Å². The number of sulfonamides is 1. The number of hydrogen-bond donors (Lipinski definition) is 1. The topological polar surface area (TPSA) is 102 Å². The van der Waals surface area contributed by atoms with E-state index in [1.165, 1.54) is 16.8 Å². The van der Waals surface area contributed by atoms with Crippen LogP contribution in [0.5, 0.6) is 0 Å². The Labute approximate surface area is 124 Å². The van der Waals surface area contributed by atoms with Gasteiger partial charge in [0.15, 0.2) is 5.03 Å². The third kappa shape index (κ3) is 4.25. The number of rotatable bonds is 7. The molecule has 1 aromatic heterocycles. The molecule has 0 radical (unpaired) electrons. The Morgan fingerprint density at radius 1 is 1.43 bits per heavy atom. The summed E-state index contributed by atoms with van der Waals surface area (Å²) >= 11 is 0. The Kier molecular flexibility index (Phi) is 5.69. The summed E-state index contributed by atoms with van der Waals surface area (Å²) in [4.78, 5) is 8.52.